The van der Waals surface area contributed by atoms with E-state index in [1.54, 1.807) is 72.8 Å². The number of phenols is 4. The van der Waals surface area contributed by atoms with Gasteiger partial charge in [-0.05, 0) is 48.5 Å². The maximum atomic E-state index is 10.6. The molecule has 0 unspecified atom stereocenters. The van der Waals surface area contributed by atoms with E-state index in [-0.39, 0.29) is 66.8 Å². The van der Waals surface area contributed by atoms with Gasteiger partial charge in [0, 0.05) is 42.6 Å². The summed E-state index contributed by atoms with van der Waals surface area (Å²) < 4.78 is 0. The Morgan fingerprint density at radius 3 is 0.684 bits per heavy atom. The van der Waals surface area contributed by atoms with Gasteiger partial charge in [0.05, 0.1) is 0 Å². The van der Waals surface area contributed by atoms with Gasteiger partial charge in [-0.2, -0.15) is 0 Å². The number of benzene rings is 4. The summed E-state index contributed by atoms with van der Waals surface area (Å²) >= 11 is 0. The molecule has 4 aromatic heterocycles. The number of aromatic carboxylic acids is 4. The van der Waals surface area contributed by atoms with E-state index < -0.39 is 23.9 Å². The summed E-state index contributed by atoms with van der Waals surface area (Å²) in [4.78, 5) is 57.7. The monoisotopic (exact) mass is 854 g/mol. The van der Waals surface area contributed by atoms with E-state index in [1.807, 2.05) is 0 Å². The number of aromatic hydroxyl groups is 4. The van der Waals surface area contributed by atoms with Crippen molar-refractivity contribution in [2.24, 2.45) is 0 Å². The standard InChI is InChI=1S/4C10H7NO3.Mo/c4*12-8-3-1-2-6-4-5-7(10(13)14)11-9(6)8;/h4*1-5,12H,(H,13,14);. The molecule has 8 N–H and O–H groups in total. The van der Waals surface area contributed by atoms with Gasteiger partial charge >= 0.3 is 23.9 Å². The van der Waals surface area contributed by atoms with Gasteiger partial charge in [0.1, 0.15) is 67.8 Å². The van der Waals surface area contributed by atoms with Gasteiger partial charge in [0.2, 0.25) is 0 Å². The quantitative estimate of drug-likeness (QED) is 0.0871. The number of carboxylic acid groups (broad SMARTS) is 4. The molecule has 16 nitrogen and oxygen atoms in total. The maximum Gasteiger partial charge on any atom is 0.354 e. The van der Waals surface area contributed by atoms with Crippen LogP contribution < -0.4 is 0 Å². The van der Waals surface area contributed by atoms with Crippen molar-refractivity contribution in [2.45, 2.75) is 0 Å². The fraction of sp³-hybridized carbons (Fsp3) is 0. The van der Waals surface area contributed by atoms with Crippen molar-refractivity contribution in [2.75, 3.05) is 0 Å². The Balaban J connectivity index is 0.000000167. The van der Waals surface area contributed by atoms with E-state index >= 15 is 0 Å². The van der Waals surface area contributed by atoms with Gasteiger partial charge in [0.25, 0.3) is 0 Å². The summed E-state index contributed by atoms with van der Waals surface area (Å²) in [5.41, 5.74) is 0.968. The Labute approximate surface area is 334 Å². The molecule has 0 atom stereocenters. The first-order valence-corrected chi connectivity index (χ1v) is 16.0. The second kappa shape index (κ2) is 18.6. The minimum atomic E-state index is -1.10. The van der Waals surface area contributed by atoms with Crippen LogP contribution in [0.2, 0.25) is 0 Å². The van der Waals surface area contributed by atoms with Crippen LogP contribution in [0.15, 0.2) is 121 Å². The predicted molar refractivity (Wildman–Crippen MR) is 201 cm³/mol. The third-order valence-electron chi connectivity index (χ3n) is 7.67. The smallest absolute Gasteiger partial charge is 0.354 e. The zero-order chi connectivity index (χ0) is 40.5. The summed E-state index contributed by atoms with van der Waals surface area (Å²) in [7, 11) is 0. The molecule has 0 aliphatic rings. The Bertz CT molecular complexity index is 2420. The van der Waals surface area contributed by atoms with E-state index in [4.69, 9.17) is 20.4 Å². The number of nitrogens with zero attached hydrogens (tertiary/aromatic N) is 4. The van der Waals surface area contributed by atoms with Crippen LogP contribution in [0.1, 0.15) is 42.0 Å². The van der Waals surface area contributed by atoms with Gasteiger partial charge in [-0.1, -0.05) is 72.8 Å². The van der Waals surface area contributed by atoms with E-state index in [0.29, 0.717) is 22.1 Å². The van der Waals surface area contributed by atoms with Crippen LogP contribution in [-0.4, -0.2) is 84.7 Å². The number of hydrogen-bond donors (Lipinski definition) is 8. The molecule has 0 saturated carbocycles. The molecule has 17 heteroatoms. The van der Waals surface area contributed by atoms with Crippen LogP contribution in [0.4, 0.5) is 0 Å². The number of para-hydroxylation sites is 4. The number of carboxylic acids is 4. The normalized spacial score (nSPS) is 10.1. The van der Waals surface area contributed by atoms with Crippen LogP contribution in [0.3, 0.4) is 0 Å². The molecule has 0 saturated heterocycles. The van der Waals surface area contributed by atoms with Crippen LogP contribution in [0, 0.1) is 0 Å². The first kappa shape index (κ1) is 42.0. The van der Waals surface area contributed by atoms with E-state index in [0.717, 1.165) is 21.5 Å². The van der Waals surface area contributed by atoms with Gasteiger partial charge in [-0.3, -0.25) is 0 Å². The molecule has 4 aromatic carbocycles. The predicted octanol–water partition coefficient (Wildman–Crippen LogP) is 6.55. The molecule has 286 valence electrons. The molecule has 0 amide bonds. The second-order valence-electron chi connectivity index (χ2n) is 11.4. The molecular weight excluding hydrogens is 824 g/mol. The number of aromatic nitrogens is 4. The zero-order valence-corrected chi connectivity index (χ0v) is 31.0. The average Bonchev–Trinajstić information content (AvgIpc) is 3.19. The Kier molecular flexibility index (Phi) is 13.7. The molecule has 0 fully saturated rings. The molecule has 0 aliphatic heterocycles. The maximum absolute atomic E-state index is 10.6. The van der Waals surface area contributed by atoms with Crippen molar-refractivity contribution in [3.63, 3.8) is 0 Å². The third-order valence-corrected chi connectivity index (χ3v) is 7.67. The average molecular weight is 853 g/mol. The van der Waals surface area contributed by atoms with Crippen molar-refractivity contribution in [1.82, 2.24) is 19.9 Å². The van der Waals surface area contributed by atoms with Crippen LogP contribution in [0.5, 0.6) is 23.0 Å². The first-order valence-electron chi connectivity index (χ1n) is 16.0. The molecule has 0 radical (unpaired) electrons. The SMILES string of the molecule is O=C(O)c1ccc2cccc(O)c2n1.O=C(O)c1ccc2cccc(O)c2n1.O=C(O)c1ccc2cccc(O)c2n1.O=C(O)c1ccc2cccc(O)c2n1.[Mo]. The summed E-state index contributed by atoms with van der Waals surface area (Å²) in [5.74, 6) is -4.44. The van der Waals surface area contributed by atoms with Crippen molar-refractivity contribution in [3.05, 3.63) is 144 Å². The zero-order valence-electron chi connectivity index (χ0n) is 29.0. The molecule has 57 heavy (non-hydrogen) atoms. The first-order chi connectivity index (χ1) is 26.7. The molecule has 8 aromatic rings. The number of carbonyl (C=O) groups is 4. The fourth-order valence-electron chi connectivity index (χ4n) is 5.00. The molecule has 0 aliphatic carbocycles. The van der Waals surface area contributed by atoms with Gasteiger partial charge < -0.3 is 40.9 Å². The van der Waals surface area contributed by atoms with Crippen molar-refractivity contribution >= 4 is 67.5 Å². The second-order valence-corrected chi connectivity index (χ2v) is 11.4. The third kappa shape index (κ3) is 10.3. The molecule has 8 rings (SSSR count). The minimum absolute atomic E-state index is 0. The van der Waals surface area contributed by atoms with Crippen LogP contribution in [0.25, 0.3) is 43.6 Å². The topological polar surface area (TPSA) is 282 Å². The summed E-state index contributed by atoms with van der Waals surface area (Å²) in [5, 5.41) is 75.3. The summed E-state index contributed by atoms with van der Waals surface area (Å²) in [6.07, 6.45) is 0. The summed E-state index contributed by atoms with van der Waals surface area (Å²) in [6.45, 7) is 0. The van der Waals surface area contributed by atoms with Crippen LogP contribution >= 0.6 is 0 Å². The molecule has 0 bridgehead atoms. The van der Waals surface area contributed by atoms with E-state index in [2.05, 4.69) is 19.9 Å². The fourth-order valence-corrected chi connectivity index (χ4v) is 5.00. The number of phenolic OH excluding ortho intramolecular Hbond substituents is 4. The van der Waals surface area contributed by atoms with Gasteiger partial charge in [-0.15, -0.1) is 0 Å². The Hall–Kier alpha value is -7.71. The van der Waals surface area contributed by atoms with Crippen molar-refractivity contribution < 1.29 is 81.1 Å². The minimum Gasteiger partial charge on any atom is -0.506 e. The summed E-state index contributed by atoms with van der Waals surface area (Å²) in [6, 6.07) is 31.7. The Morgan fingerprint density at radius 2 is 0.509 bits per heavy atom. The van der Waals surface area contributed by atoms with Crippen molar-refractivity contribution in [3.8, 4) is 23.0 Å². The molecular formula is C40H28MoN4O12. The number of hydrogen-bond acceptors (Lipinski definition) is 12. The van der Waals surface area contributed by atoms with Crippen molar-refractivity contribution in [1.29, 1.82) is 0 Å². The molecule has 4 heterocycles. The van der Waals surface area contributed by atoms with Gasteiger partial charge in [-0.25, -0.2) is 39.1 Å². The number of rotatable bonds is 4. The van der Waals surface area contributed by atoms with E-state index in [9.17, 15) is 39.6 Å². The largest absolute Gasteiger partial charge is 0.506 e. The van der Waals surface area contributed by atoms with E-state index in [1.165, 1.54) is 48.5 Å². The Morgan fingerprint density at radius 1 is 0.316 bits per heavy atom. The van der Waals surface area contributed by atoms with Crippen LogP contribution in [-0.2, 0) is 21.1 Å². The number of pyridine rings is 4. The van der Waals surface area contributed by atoms with Gasteiger partial charge in [0.15, 0.2) is 0 Å². The molecule has 0 spiro atoms. The number of fused-ring (bicyclic) bond motifs is 4.